The third kappa shape index (κ3) is 3.68. The summed E-state index contributed by atoms with van der Waals surface area (Å²) >= 11 is 5.58. The molecule has 98 valence electrons. The van der Waals surface area contributed by atoms with Crippen LogP contribution in [0.2, 0.25) is 0 Å². The van der Waals surface area contributed by atoms with E-state index in [9.17, 15) is 9.90 Å². The van der Waals surface area contributed by atoms with Gasteiger partial charge in [-0.05, 0) is 82.4 Å². The van der Waals surface area contributed by atoms with Gasteiger partial charge in [-0.25, -0.2) is 0 Å². The monoisotopic (exact) mass is 423 g/mol. The number of amides is 1. The SMILES string of the molecule is O=C(NC1CCCC(O)C1)c1cc(I)ccc1Br. The largest absolute Gasteiger partial charge is 0.393 e. The Balaban J connectivity index is 2.05. The summed E-state index contributed by atoms with van der Waals surface area (Å²) in [5, 5.41) is 12.6. The lowest BCUT2D eigenvalue weighted by Gasteiger charge is -2.26. The van der Waals surface area contributed by atoms with E-state index in [0.29, 0.717) is 12.0 Å². The summed E-state index contributed by atoms with van der Waals surface area (Å²) in [5.41, 5.74) is 0.655. The van der Waals surface area contributed by atoms with Crippen LogP contribution in [0.4, 0.5) is 0 Å². The predicted octanol–water partition coefficient (Wildman–Crippen LogP) is 3.09. The molecular formula is C13H15BrINO2. The summed E-state index contributed by atoms with van der Waals surface area (Å²) in [4.78, 5) is 12.2. The molecular weight excluding hydrogens is 409 g/mol. The molecule has 2 rings (SSSR count). The maximum Gasteiger partial charge on any atom is 0.252 e. The van der Waals surface area contributed by atoms with Crippen molar-refractivity contribution in [3.63, 3.8) is 0 Å². The van der Waals surface area contributed by atoms with Crippen LogP contribution in [0.25, 0.3) is 0 Å². The molecule has 2 atom stereocenters. The Morgan fingerprint density at radius 1 is 1.44 bits per heavy atom. The number of carbonyl (C=O) groups is 1. The van der Waals surface area contributed by atoms with Crippen molar-refractivity contribution < 1.29 is 9.90 Å². The summed E-state index contributed by atoms with van der Waals surface area (Å²) in [6.07, 6.45) is 3.15. The summed E-state index contributed by atoms with van der Waals surface area (Å²) < 4.78 is 1.83. The van der Waals surface area contributed by atoms with E-state index in [-0.39, 0.29) is 18.1 Å². The van der Waals surface area contributed by atoms with Gasteiger partial charge in [0.15, 0.2) is 0 Å². The molecule has 3 nitrogen and oxygen atoms in total. The van der Waals surface area contributed by atoms with Crippen LogP contribution in [-0.2, 0) is 0 Å². The van der Waals surface area contributed by atoms with Crippen LogP contribution in [0, 0.1) is 3.57 Å². The maximum absolute atomic E-state index is 12.2. The zero-order valence-corrected chi connectivity index (χ0v) is 13.6. The molecule has 0 aromatic heterocycles. The third-order valence-electron chi connectivity index (χ3n) is 3.15. The van der Waals surface area contributed by atoms with Crippen LogP contribution in [0.15, 0.2) is 22.7 Å². The van der Waals surface area contributed by atoms with Gasteiger partial charge in [-0.2, -0.15) is 0 Å². The predicted molar refractivity (Wildman–Crippen MR) is 82.6 cm³/mol. The quantitative estimate of drug-likeness (QED) is 0.718. The molecule has 0 aliphatic heterocycles. The average molecular weight is 424 g/mol. The van der Waals surface area contributed by atoms with E-state index in [1.165, 1.54) is 0 Å². The molecule has 1 aliphatic rings. The smallest absolute Gasteiger partial charge is 0.252 e. The Morgan fingerprint density at radius 2 is 2.22 bits per heavy atom. The van der Waals surface area contributed by atoms with Crippen molar-refractivity contribution in [1.29, 1.82) is 0 Å². The first-order valence-corrected chi connectivity index (χ1v) is 7.87. The van der Waals surface area contributed by atoms with Gasteiger partial charge in [0.25, 0.3) is 5.91 Å². The van der Waals surface area contributed by atoms with Gasteiger partial charge in [0, 0.05) is 14.1 Å². The molecule has 2 N–H and O–H groups in total. The van der Waals surface area contributed by atoms with Gasteiger partial charge in [-0.15, -0.1) is 0 Å². The van der Waals surface area contributed by atoms with Crippen molar-refractivity contribution in [2.45, 2.75) is 37.8 Å². The first-order valence-electron chi connectivity index (χ1n) is 6.00. The number of hydrogen-bond donors (Lipinski definition) is 2. The highest BCUT2D eigenvalue weighted by Crippen LogP contribution is 2.22. The Hall–Kier alpha value is -0.140. The number of benzene rings is 1. The van der Waals surface area contributed by atoms with E-state index in [2.05, 4.69) is 43.8 Å². The molecule has 1 saturated carbocycles. The third-order valence-corrected chi connectivity index (χ3v) is 4.52. The van der Waals surface area contributed by atoms with Crippen LogP contribution in [-0.4, -0.2) is 23.2 Å². The molecule has 1 fully saturated rings. The molecule has 0 saturated heterocycles. The van der Waals surface area contributed by atoms with Gasteiger partial charge < -0.3 is 10.4 Å². The standard InChI is InChI=1S/C13H15BrINO2/c14-12-5-4-8(15)6-11(12)13(18)16-9-2-1-3-10(17)7-9/h4-6,9-10,17H,1-3,7H2,(H,16,18). The second kappa shape index (κ2) is 6.34. The highest BCUT2D eigenvalue weighted by atomic mass is 127. The molecule has 2 unspecified atom stereocenters. The fourth-order valence-electron chi connectivity index (χ4n) is 2.23. The second-order valence-electron chi connectivity index (χ2n) is 4.61. The van der Waals surface area contributed by atoms with Crippen molar-refractivity contribution in [1.82, 2.24) is 5.32 Å². The summed E-state index contributed by atoms with van der Waals surface area (Å²) in [7, 11) is 0. The van der Waals surface area contributed by atoms with Gasteiger partial charge in [0.2, 0.25) is 0 Å². The molecule has 18 heavy (non-hydrogen) atoms. The van der Waals surface area contributed by atoms with Crippen LogP contribution >= 0.6 is 38.5 Å². The van der Waals surface area contributed by atoms with Gasteiger partial charge in [0.05, 0.1) is 11.7 Å². The van der Waals surface area contributed by atoms with Crippen molar-refractivity contribution in [2.24, 2.45) is 0 Å². The fraction of sp³-hybridized carbons (Fsp3) is 0.462. The van der Waals surface area contributed by atoms with Crippen LogP contribution < -0.4 is 5.32 Å². The van der Waals surface area contributed by atoms with Crippen molar-refractivity contribution in [3.05, 3.63) is 31.8 Å². The lowest BCUT2D eigenvalue weighted by Crippen LogP contribution is -2.39. The summed E-state index contributed by atoms with van der Waals surface area (Å²) in [5.74, 6) is -0.0699. The Bertz CT molecular complexity index is 453. The Morgan fingerprint density at radius 3 is 2.94 bits per heavy atom. The summed E-state index contributed by atoms with van der Waals surface area (Å²) in [6.45, 7) is 0. The fourth-order valence-corrected chi connectivity index (χ4v) is 3.15. The minimum Gasteiger partial charge on any atom is -0.393 e. The second-order valence-corrected chi connectivity index (χ2v) is 6.71. The van der Waals surface area contributed by atoms with Crippen LogP contribution in [0.5, 0.6) is 0 Å². The van der Waals surface area contributed by atoms with Crippen molar-refractivity contribution >= 4 is 44.4 Å². The minimum atomic E-state index is -0.275. The molecule has 0 spiro atoms. The molecule has 1 aromatic rings. The molecule has 0 radical (unpaired) electrons. The first kappa shape index (κ1) is 14.3. The summed E-state index contributed by atoms with van der Waals surface area (Å²) in [6, 6.07) is 5.78. The van der Waals surface area contributed by atoms with E-state index in [1.54, 1.807) is 0 Å². The zero-order valence-electron chi connectivity index (χ0n) is 9.83. The van der Waals surface area contributed by atoms with Crippen molar-refractivity contribution in [2.75, 3.05) is 0 Å². The zero-order chi connectivity index (χ0) is 13.1. The Kier molecular flexibility index (Phi) is 5.03. The van der Waals surface area contributed by atoms with Crippen LogP contribution in [0.3, 0.4) is 0 Å². The lowest BCUT2D eigenvalue weighted by molar-refractivity contribution is 0.0849. The van der Waals surface area contributed by atoms with Crippen molar-refractivity contribution in [3.8, 4) is 0 Å². The van der Waals surface area contributed by atoms with E-state index >= 15 is 0 Å². The first-order chi connectivity index (χ1) is 8.56. The number of carbonyl (C=O) groups excluding carboxylic acids is 1. The Labute approximate surface area is 129 Å². The number of aliphatic hydroxyl groups is 1. The van der Waals surface area contributed by atoms with Gasteiger partial charge in [-0.3, -0.25) is 4.79 Å². The van der Waals surface area contributed by atoms with E-state index in [1.807, 2.05) is 18.2 Å². The molecule has 1 aliphatic carbocycles. The highest BCUT2D eigenvalue weighted by Gasteiger charge is 2.22. The molecule has 0 bridgehead atoms. The van der Waals surface area contributed by atoms with Crippen LogP contribution in [0.1, 0.15) is 36.0 Å². The highest BCUT2D eigenvalue weighted by molar-refractivity contribution is 14.1. The molecule has 1 aromatic carbocycles. The van der Waals surface area contributed by atoms with E-state index < -0.39 is 0 Å². The maximum atomic E-state index is 12.2. The van der Waals surface area contributed by atoms with Gasteiger partial charge >= 0.3 is 0 Å². The molecule has 0 heterocycles. The number of hydrogen-bond acceptors (Lipinski definition) is 2. The normalized spacial score (nSPS) is 23.7. The molecule has 5 heteroatoms. The van der Waals surface area contributed by atoms with Gasteiger partial charge in [0.1, 0.15) is 0 Å². The van der Waals surface area contributed by atoms with Gasteiger partial charge in [-0.1, -0.05) is 0 Å². The van der Waals surface area contributed by atoms with E-state index in [0.717, 1.165) is 27.3 Å². The number of nitrogens with one attached hydrogen (secondary N) is 1. The number of aliphatic hydroxyl groups excluding tert-OH is 1. The topological polar surface area (TPSA) is 49.3 Å². The number of rotatable bonds is 2. The average Bonchev–Trinajstić information content (AvgIpc) is 2.32. The molecule has 1 amide bonds. The van der Waals surface area contributed by atoms with E-state index in [4.69, 9.17) is 0 Å². The lowest BCUT2D eigenvalue weighted by atomic mass is 9.93. The minimum absolute atomic E-state index is 0.0699. The number of halogens is 2.